The molecule has 1 atom stereocenters. The summed E-state index contributed by atoms with van der Waals surface area (Å²) in [6.07, 6.45) is 0.984. The number of amides is 1. The Hall–Kier alpha value is -4.01. The van der Waals surface area contributed by atoms with Crippen LogP contribution in [0.15, 0.2) is 52.1 Å². The van der Waals surface area contributed by atoms with Crippen molar-refractivity contribution in [2.24, 2.45) is 0 Å². The molecule has 0 radical (unpaired) electrons. The summed E-state index contributed by atoms with van der Waals surface area (Å²) in [5.41, 5.74) is 5.13. The SMILES string of the molecule is CCC(NCC(=O)NCc1c(C)ccc2[nH]c3cc4c(=O)c5cc(C)ccc5[nH]c4cc3c(=O)c12)N(C)C. The summed E-state index contributed by atoms with van der Waals surface area (Å²) in [6, 6.07) is 13.0. The van der Waals surface area contributed by atoms with Gasteiger partial charge in [0.05, 0.1) is 34.6 Å². The number of carbonyl (C=O) groups is 1. The summed E-state index contributed by atoms with van der Waals surface area (Å²) >= 11 is 0. The van der Waals surface area contributed by atoms with Crippen LogP contribution in [0.5, 0.6) is 0 Å². The number of aryl methyl sites for hydroxylation is 2. The molecule has 5 aromatic rings. The van der Waals surface area contributed by atoms with E-state index >= 15 is 0 Å². The van der Waals surface area contributed by atoms with Gasteiger partial charge in [0.1, 0.15) is 0 Å². The standard InChI is InChI=1S/C30H33N5O3/c1-6-26(35(4)5)31-15-27(36)32-14-21-17(3)8-10-23-28(21)30(38)20-13-24-19(12-25(20)34-23)29(37)18-11-16(2)7-9-22(18)33-24/h7-13,26,31H,6,14-15H2,1-5H3,(H,32,36)(H,33,37)(H,34,38). The topological polar surface area (TPSA) is 110 Å². The van der Waals surface area contributed by atoms with Crippen molar-refractivity contribution in [3.8, 4) is 0 Å². The number of carbonyl (C=O) groups excluding carboxylic acids is 1. The van der Waals surface area contributed by atoms with Gasteiger partial charge in [-0.15, -0.1) is 0 Å². The largest absolute Gasteiger partial charge is 0.354 e. The third-order valence-electron chi connectivity index (χ3n) is 7.35. The Kier molecular flexibility index (Phi) is 6.77. The van der Waals surface area contributed by atoms with Crippen LogP contribution in [-0.4, -0.2) is 47.6 Å². The quantitative estimate of drug-likeness (QED) is 0.196. The summed E-state index contributed by atoms with van der Waals surface area (Å²) < 4.78 is 0. The first kappa shape index (κ1) is 25.6. The Morgan fingerprint density at radius 2 is 1.50 bits per heavy atom. The van der Waals surface area contributed by atoms with Gasteiger partial charge in [-0.05, 0) is 75.8 Å². The van der Waals surface area contributed by atoms with Crippen LogP contribution in [0.25, 0.3) is 43.6 Å². The van der Waals surface area contributed by atoms with Gasteiger partial charge in [-0.25, -0.2) is 0 Å². The van der Waals surface area contributed by atoms with Crippen LogP contribution in [0.2, 0.25) is 0 Å². The number of H-pyrrole nitrogens is 2. The Bertz CT molecular complexity index is 1830. The van der Waals surface area contributed by atoms with Crippen molar-refractivity contribution in [1.29, 1.82) is 0 Å². The average Bonchev–Trinajstić information content (AvgIpc) is 2.88. The molecule has 196 valence electrons. The summed E-state index contributed by atoms with van der Waals surface area (Å²) in [7, 11) is 3.94. The molecule has 2 aromatic heterocycles. The van der Waals surface area contributed by atoms with Crippen LogP contribution in [-0.2, 0) is 11.3 Å². The Balaban J connectivity index is 1.57. The van der Waals surface area contributed by atoms with Crippen molar-refractivity contribution in [2.45, 2.75) is 39.9 Å². The maximum absolute atomic E-state index is 13.8. The number of aromatic amines is 2. The van der Waals surface area contributed by atoms with Crippen LogP contribution >= 0.6 is 0 Å². The number of nitrogens with zero attached hydrogens (tertiary/aromatic N) is 1. The lowest BCUT2D eigenvalue weighted by molar-refractivity contribution is -0.120. The third-order valence-corrected chi connectivity index (χ3v) is 7.35. The summed E-state index contributed by atoms with van der Waals surface area (Å²) in [6.45, 7) is 6.39. The maximum atomic E-state index is 13.8. The van der Waals surface area contributed by atoms with E-state index in [0.717, 1.165) is 28.6 Å². The van der Waals surface area contributed by atoms with Crippen LogP contribution in [0.1, 0.15) is 30.0 Å². The number of hydrogen-bond donors (Lipinski definition) is 4. The van der Waals surface area contributed by atoms with Crippen molar-refractivity contribution >= 4 is 49.5 Å². The number of benzene rings is 3. The Morgan fingerprint density at radius 3 is 2.18 bits per heavy atom. The molecular weight excluding hydrogens is 478 g/mol. The molecule has 8 nitrogen and oxygen atoms in total. The summed E-state index contributed by atoms with van der Waals surface area (Å²) in [5.74, 6) is -0.135. The van der Waals surface area contributed by atoms with E-state index in [2.05, 4.69) is 27.5 Å². The van der Waals surface area contributed by atoms with Crippen molar-refractivity contribution in [3.63, 3.8) is 0 Å². The minimum absolute atomic E-state index is 0.0687. The molecule has 0 spiro atoms. The molecule has 0 saturated heterocycles. The second-order valence-corrected chi connectivity index (χ2v) is 10.2. The molecule has 0 aliphatic rings. The Morgan fingerprint density at radius 1 is 0.868 bits per heavy atom. The highest BCUT2D eigenvalue weighted by molar-refractivity contribution is 6.03. The zero-order valence-electron chi connectivity index (χ0n) is 22.4. The summed E-state index contributed by atoms with van der Waals surface area (Å²) in [5, 5.41) is 8.40. The van der Waals surface area contributed by atoms with Gasteiger partial charge in [-0.2, -0.15) is 0 Å². The molecule has 2 heterocycles. The molecule has 1 unspecified atom stereocenters. The predicted octanol–water partition coefficient (Wildman–Crippen LogP) is 3.80. The molecule has 1 amide bonds. The van der Waals surface area contributed by atoms with Gasteiger partial charge in [0.2, 0.25) is 5.91 Å². The summed E-state index contributed by atoms with van der Waals surface area (Å²) in [4.78, 5) is 48.4. The zero-order chi connectivity index (χ0) is 27.1. The van der Waals surface area contributed by atoms with Crippen LogP contribution in [0.4, 0.5) is 0 Å². The maximum Gasteiger partial charge on any atom is 0.234 e. The molecule has 0 saturated carbocycles. The van der Waals surface area contributed by atoms with E-state index in [1.807, 2.05) is 63.2 Å². The number of aromatic nitrogens is 2. The van der Waals surface area contributed by atoms with Gasteiger partial charge in [-0.1, -0.05) is 24.6 Å². The number of nitrogens with one attached hydrogen (secondary N) is 4. The molecule has 0 aliphatic heterocycles. The van der Waals surface area contributed by atoms with E-state index < -0.39 is 0 Å². The van der Waals surface area contributed by atoms with Gasteiger partial charge in [0.15, 0.2) is 10.9 Å². The predicted molar refractivity (Wildman–Crippen MR) is 155 cm³/mol. The van der Waals surface area contributed by atoms with E-state index in [9.17, 15) is 14.4 Å². The first-order chi connectivity index (χ1) is 18.2. The Labute approximate surface area is 220 Å². The van der Waals surface area contributed by atoms with Gasteiger partial charge in [-0.3, -0.25) is 24.6 Å². The van der Waals surface area contributed by atoms with Gasteiger partial charge in [0.25, 0.3) is 0 Å². The van der Waals surface area contributed by atoms with E-state index in [0.29, 0.717) is 38.1 Å². The van der Waals surface area contributed by atoms with E-state index in [1.165, 1.54) is 0 Å². The second kappa shape index (κ2) is 10.0. The molecule has 4 N–H and O–H groups in total. The third kappa shape index (κ3) is 4.57. The second-order valence-electron chi connectivity index (χ2n) is 10.2. The highest BCUT2D eigenvalue weighted by atomic mass is 16.2. The fraction of sp³-hybridized carbons (Fsp3) is 0.300. The van der Waals surface area contributed by atoms with Crippen LogP contribution < -0.4 is 21.5 Å². The number of pyridine rings is 2. The molecule has 0 aliphatic carbocycles. The fourth-order valence-electron chi connectivity index (χ4n) is 5.20. The molecule has 38 heavy (non-hydrogen) atoms. The fourth-order valence-corrected chi connectivity index (χ4v) is 5.20. The number of rotatable bonds is 7. The smallest absolute Gasteiger partial charge is 0.234 e. The molecule has 0 bridgehead atoms. The van der Waals surface area contributed by atoms with Gasteiger partial charge in [0, 0.05) is 28.2 Å². The van der Waals surface area contributed by atoms with Crippen molar-refractivity contribution < 1.29 is 4.79 Å². The molecule has 5 rings (SSSR count). The zero-order valence-corrected chi connectivity index (χ0v) is 22.4. The highest BCUT2D eigenvalue weighted by Gasteiger charge is 2.16. The minimum Gasteiger partial charge on any atom is -0.354 e. The number of hydrogen-bond acceptors (Lipinski definition) is 5. The number of fused-ring (bicyclic) bond motifs is 4. The lowest BCUT2D eigenvalue weighted by Gasteiger charge is -2.23. The van der Waals surface area contributed by atoms with E-state index in [4.69, 9.17) is 0 Å². The van der Waals surface area contributed by atoms with Crippen molar-refractivity contribution in [2.75, 3.05) is 20.6 Å². The normalized spacial score (nSPS) is 12.7. The minimum atomic E-state index is -0.135. The van der Waals surface area contributed by atoms with Gasteiger partial charge < -0.3 is 15.3 Å². The van der Waals surface area contributed by atoms with Crippen LogP contribution in [0, 0.1) is 13.8 Å². The van der Waals surface area contributed by atoms with Crippen molar-refractivity contribution in [3.05, 3.63) is 79.6 Å². The lowest BCUT2D eigenvalue weighted by atomic mass is 9.99. The highest BCUT2D eigenvalue weighted by Crippen LogP contribution is 2.24. The van der Waals surface area contributed by atoms with E-state index in [1.54, 1.807) is 12.1 Å². The molecule has 0 fully saturated rings. The lowest BCUT2D eigenvalue weighted by Crippen LogP contribution is -2.45. The monoisotopic (exact) mass is 511 g/mol. The van der Waals surface area contributed by atoms with Crippen molar-refractivity contribution in [1.82, 2.24) is 25.5 Å². The van der Waals surface area contributed by atoms with Gasteiger partial charge >= 0.3 is 0 Å². The van der Waals surface area contributed by atoms with Crippen LogP contribution in [0.3, 0.4) is 0 Å². The molecular formula is C30H33N5O3. The first-order valence-corrected chi connectivity index (χ1v) is 12.9. The van der Waals surface area contributed by atoms with E-state index in [-0.39, 0.29) is 36.0 Å². The molecule has 3 aromatic carbocycles. The first-order valence-electron chi connectivity index (χ1n) is 12.9. The molecule has 8 heteroatoms. The average molecular weight is 512 g/mol.